The van der Waals surface area contributed by atoms with E-state index in [2.05, 4.69) is 10.6 Å². The van der Waals surface area contributed by atoms with Gasteiger partial charge in [0.2, 0.25) is 11.8 Å². The normalized spacial score (nSPS) is 21.7. The van der Waals surface area contributed by atoms with Gasteiger partial charge in [-0.1, -0.05) is 0 Å². The largest absolute Gasteiger partial charge is 0.382 e. The van der Waals surface area contributed by atoms with Gasteiger partial charge in [-0.15, -0.1) is 0 Å². The first-order valence-electron chi connectivity index (χ1n) is 8.55. The van der Waals surface area contributed by atoms with E-state index in [-0.39, 0.29) is 25.2 Å². The fourth-order valence-electron chi connectivity index (χ4n) is 2.68. The SMILES string of the molecule is C[C@H](NC(=O)CNC(=O)C(O)C(N)CCC1CCC1(F)F)C(=O)N(C)C. The molecule has 1 fully saturated rings. The van der Waals surface area contributed by atoms with Crippen molar-refractivity contribution in [3.05, 3.63) is 0 Å². The van der Waals surface area contributed by atoms with Gasteiger partial charge in [-0.25, -0.2) is 8.78 Å². The lowest BCUT2D eigenvalue weighted by molar-refractivity contribution is -0.138. The summed E-state index contributed by atoms with van der Waals surface area (Å²) in [6.45, 7) is 1.07. The second-order valence-corrected chi connectivity index (χ2v) is 6.92. The molecule has 150 valence electrons. The van der Waals surface area contributed by atoms with Crippen LogP contribution in [0.5, 0.6) is 0 Å². The van der Waals surface area contributed by atoms with Gasteiger partial charge in [0, 0.05) is 32.5 Å². The maximum absolute atomic E-state index is 13.2. The van der Waals surface area contributed by atoms with Crippen LogP contribution in [0.1, 0.15) is 32.6 Å². The number of nitrogens with zero attached hydrogens (tertiary/aromatic N) is 1. The number of amides is 3. The first kappa shape index (κ1) is 22.2. The number of aliphatic hydroxyl groups excluding tert-OH is 1. The van der Waals surface area contributed by atoms with Gasteiger partial charge in [0.25, 0.3) is 11.8 Å². The Hall–Kier alpha value is -1.81. The summed E-state index contributed by atoms with van der Waals surface area (Å²) in [5.74, 6) is -5.22. The molecule has 5 N–H and O–H groups in total. The fraction of sp³-hybridized carbons (Fsp3) is 0.812. The third-order valence-electron chi connectivity index (χ3n) is 4.56. The van der Waals surface area contributed by atoms with Crippen molar-refractivity contribution in [1.82, 2.24) is 15.5 Å². The lowest BCUT2D eigenvalue weighted by Gasteiger charge is -2.37. The monoisotopic (exact) mass is 378 g/mol. The molecule has 8 nitrogen and oxygen atoms in total. The summed E-state index contributed by atoms with van der Waals surface area (Å²) in [6, 6.07) is -1.76. The Balaban J connectivity index is 2.32. The Morgan fingerprint density at radius 1 is 1.35 bits per heavy atom. The lowest BCUT2D eigenvalue weighted by atomic mass is 9.77. The summed E-state index contributed by atoms with van der Waals surface area (Å²) in [4.78, 5) is 36.5. The van der Waals surface area contributed by atoms with E-state index >= 15 is 0 Å². The van der Waals surface area contributed by atoms with Gasteiger partial charge in [0.15, 0.2) is 0 Å². The average Bonchev–Trinajstić information content (AvgIpc) is 2.56. The molecule has 0 aromatic carbocycles. The summed E-state index contributed by atoms with van der Waals surface area (Å²) >= 11 is 0. The van der Waals surface area contributed by atoms with Crippen LogP contribution in [-0.2, 0) is 14.4 Å². The third-order valence-corrected chi connectivity index (χ3v) is 4.56. The van der Waals surface area contributed by atoms with Crippen LogP contribution in [0.3, 0.4) is 0 Å². The lowest BCUT2D eigenvalue weighted by Crippen LogP contribution is -2.51. The molecule has 1 rings (SSSR count). The molecule has 1 aliphatic carbocycles. The number of carbonyl (C=O) groups excluding carboxylic acids is 3. The molecular weight excluding hydrogens is 350 g/mol. The second-order valence-electron chi connectivity index (χ2n) is 6.92. The summed E-state index contributed by atoms with van der Waals surface area (Å²) in [5.41, 5.74) is 5.69. The molecule has 0 saturated heterocycles. The van der Waals surface area contributed by atoms with Crippen LogP contribution in [0.15, 0.2) is 0 Å². The van der Waals surface area contributed by atoms with Gasteiger partial charge < -0.3 is 26.4 Å². The average molecular weight is 378 g/mol. The van der Waals surface area contributed by atoms with Crippen LogP contribution in [0, 0.1) is 5.92 Å². The first-order chi connectivity index (χ1) is 12.0. The summed E-state index contributed by atoms with van der Waals surface area (Å²) < 4.78 is 26.4. The molecule has 1 aliphatic rings. The maximum Gasteiger partial charge on any atom is 0.250 e. The van der Waals surface area contributed by atoms with E-state index in [4.69, 9.17) is 5.73 Å². The van der Waals surface area contributed by atoms with Gasteiger partial charge in [0.05, 0.1) is 6.54 Å². The Morgan fingerprint density at radius 2 is 1.96 bits per heavy atom. The van der Waals surface area contributed by atoms with E-state index in [1.807, 2.05) is 0 Å². The van der Waals surface area contributed by atoms with Crippen LogP contribution < -0.4 is 16.4 Å². The minimum Gasteiger partial charge on any atom is -0.382 e. The Morgan fingerprint density at radius 3 is 2.42 bits per heavy atom. The van der Waals surface area contributed by atoms with Crippen molar-refractivity contribution in [2.45, 2.75) is 56.7 Å². The number of likely N-dealkylation sites (N-methyl/N-ethyl adjacent to an activating group) is 1. The van der Waals surface area contributed by atoms with E-state index in [0.717, 1.165) is 0 Å². The molecule has 4 atom stereocenters. The highest BCUT2D eigenvalue weighted by atomic mass is 19.3. The summed E-state index contributed by atoms with van der Waals surface area (Å²) in [6.07, 6.45) is -1.12. The second kappa shape index (κ2) is 9.22. The topological polar surface area (TPSA) is 125 Å². The van der Waals surface area contributed by atoms with Crippen molar-refractivity contribution < 1.29 is 28.3 Å². The quantitative estimate of drug-likeness (QED) is 0.418. The molecule has 0 radical (unpaired) electrons. The molecule has 0 aromatic rings. The number of carbonyl (C=O) groups is 3. The standard InChI is InChI=1S/C16H28F2N4O4/c1-9(15(26)22(2)3)21-12(23)8-20-14(25)13(24)11(19)5-4-10-6-7-16(10,17)18/h9-11,13,24H,4-8,19H2,1-3H3,(H,20,25)(H,21,23)/t9-,10?,11?,13?/m0/s1. The maximum atomic E-state index is 13.2. The van der Waals surface area contributed by atoms with E-state index in [1.165, 1.54) is 11.8 Å². The molecule has 3 amide bonds. The van der Waals surface area contributed by atoms with Crippen molar-refractivity contribution in [2.75, 3.05) is 20.6 Å². The minimum atomic E-state index is -2.69. The van der Waals surface area contributed by atoms with Crippen molar-refractivity contribution in [3.8, 4) is 0 Å². The van der Waals surface area contributed by atoms with E-state index < -0.39 is 48.4 Å². The molecular formula is C16H28F2N4O4. The summed E-state index contributed by atoms with van der Waals surface area (Å²) in [7, 11) is 3.09. The van der Waals surface area contributed by atoms with Gasteiger partial charge in [-0.3, -0.25) is 14.4 Å². The van der Waals surface area contributed by atoms with Crippen LogP contribution in [-0.4, -0.2) is 72.5 Å². The first-order valence-corrected chi connectivity index (χ1v) is 8.55. The highest BCUT2D eigenvalue weighted by Gasteiger charge is 2.47. The van der Waals surface area contributed by atoms with Crippen molar-refractivity contribution in [2.24, 2.45) is 11.7 Å². The summed E-state index contributed by atoms with van der Waals surface area (Å²) in [5, 5.41) is 14.5. The zero-order valence-electron chi connectivity index (χ0n) is 15.3. The molecule has 3 unspecified atom stereocenters. The number of alkyl halides is 2. The highest BCUT2D eigenvalue weighted by Crippen LogP contribution is 2.45. The Labute approximate surface area is 151 Å². The zero-order valence-corrected chi connectivity index (χ0v) is 15.3. The van der Waals surface area contributed by atoms with Crippen LogP contribution >= 0.6 is 0 Å². The number of halogens is 2. The predicted molar refractivity (Wildman–Crippen MR) is 90.2 cm³/mol. The minimum absolute atomic E-state index is 0.0788. The van der Waals surface area contributed by atoms with E-state index in [0.29, 0.717) is 6.42 Å². The van der Waals surface area contributed by atoms with Crippen molar-refractivity contribution >= 4 is 17.7 Å². The number of nitrogens with two attached hydrogens (primary N) is 1. The van der Waals surface area contributed by atoms with Gasteiger partial charge in [0.1, 0.15) is 12.1 Å². The van der Waals surface area contributed by atoms with Crippen LogP contribution in [0.25, 0.3) is 0 Å². The Kier molecular flexibility index (Phi) is 7.88. The van der Waals surface area contributed by atoms with Crippen LogP contribution in [0.4, 0.5) is 8.78 Å². The van der Waals surface area contributed by atoms with Gasteiger partial charge in [-0.05, 0) is 26.2 Å². The molecule has 1 saturated carbocycles. The van der Waals surface area contributed by atoms with E-state index in [9.17, 15) is 28.3 Å². The number of nitrogens with one attached hydrogen (secondary N) is 2. The zero-order chi connectivity index (χ0) is 20.1. The molecule has 0 aromatic heterocycles. The smallest absolute Gasteiger partial charge is 0.250 e. The van der Waals surface area contributed by atoms with Crippen LogP contribution in [0.2, 0.25) is 0 Å². The van der Waals surface area contributed by atoms with Crippen molar-refractivity contribution in [3.63, 3.8) is 0 Å². The van der Waals surface area contributed by atoms with Gasteiger partial charge >= 0.3 is 0 Å². The van der Waals surface area contributed by atoms with Crippen molar-refractivity contribution in [1.29, 1.82) is 0 Å². The third kappa shape index (κ3) is 6.17. The number of aliphatic hydroxyl groups is 1. The van der Waals surface area contributed by atoms with E-state index in [1.54, 1.807) is 14.1 Å². The number of hydrogen-bond acceptors (Lipinski definition) is 5. The number of rotatable bonds is 9. The predicted octanol–water partition coefficient (Wildman–Crippen LogP) is -0.791. The highest BCUT2D eigenvalue weighted by molar-refractivity contribution is 5.90. The Bertz CT molecular complexity index is 530. The molecule has 0 aliphatic heterocycles. The number of hydrogen-bond donors (Lipinski definition) is 4. The van der Waals surface area contributed by atoms with Gasteiger partial charge in [-0.2, -0.15) is 0 Å². The molecule has 0 bridgehead atoms. The fourth-order valence-corrected chi connectivity index (χ4v) is 2.68. The molecule has 26 heavy (non-hydrogen) atoms. The molecule has 0 spiro atoms. The molecule has 0 heterocycles. The molecule has 10 heteroatoms.